The summed E-state index contributed by atoms with van der Waals surface area (Å²) in [6.07, 6.45) is 2.01. The SMILES string of the molecule is COC(=O)CCc1ccc(Oc2ccc(CN(Cc3ccc(Cl)cc3F)c3cccc(NS(C)(=O)=O)c3C)cc2)cc1. The van der Waals surface area contributed by atoms with Gasteiger partial charge in [-0.15, -0.1) is 0 Å². The lowest BCUT2D eigenvalue weighted by Crippen LogP contribution is -2.24. The highest BCUT2D eigenvalue weighted by Gasteiger charge is 2.17. The lowest BCUT2D eigenvalue weighted by atomic mass is 10.1. The predicted molar refractivity (Wildman–Crippen MR) is 164 cm³/mol. The lowest BCUT2D eigenvalue weighted by molar-refractivity contribution is -0.140. The first-order valence-corrected chi connectivity index (χ1v) is 15.5. The van der Waals surface area contributed by atoms with E-state index in [-0.39, 0.29) is 12.5 Å². The van der Waals surface area contributed by atoms with Crippen molar-refractivity contribution in [3.63, 3.8) is 0 Å². The molecule has 0 fully saturated rings. The van der Waals surface area contributed by atoms with Gasteiger partial charge in [-0.2, -0.15) is 0 Å². The molecule has 220 valence electrons. The fraction of sp³-hybridized carbons (Fsp3) is 0.219. The van der Waals surface area contributed by atoms with Crippen LogP contribution in [-0.2, 0) is 39.1 Å². The van der Waals surface area contributed by atoms with Gasteiger partial charge in [0.05, 0.1) is 19.1 Å². The number of methoxy groups -OCH3 is 1. The van der Waals surface area contributed by atoms with Gasteiger partial charge in [-0.25, -0.2) is 12.8 Å². The van der Waals surface area contributed by atoms with E-state index >= 15 is 0 Å². The number of nitrogens with zero attached hydrogens (tertiary/aromatic N) is 1. The number of esters is 1. The second kappa shape index (κ2) is 13.7. The zero-order chi connectivity index (χ0) is 30.3. The molecule has 0 aliphatic heterocycles. The summed E-state index contributed by atoms with van der Waals surface area (Å²) >= 11 is 5.97. The predicted octanol–water partition coefficient (Wildman–Crippen LogP) is 7.26. The molecule has 0 saturated carbocycles. The minimum absolute atomic E-state index is 0.229. The number of carbonyl (C=O) groups excluding carboxylic acids is 1. The van der Waals surface area contributed by atoms with Gasteiger partial charge in [0.25, 0.3) is 0 Å². The van der Waals surface area contributed by atoms with Crippen molar-refractivity contribution in [2.75, 3.05) is 23.0 Å². The van der Waals surface area contributed by atoms with Gasteiger partial charge in [0.2, 0.25) is 10.0 Å². The molecule has 10 heteroatoms. The first-order chi connectivity index (χ1) is 20.0. The number of aryl methyl sites for hydroxylation is 1. The van der Waals surface area contributed by atoms with Gasteiger partial charge in [0.1, 0.15) is 17.3 Å². The van der Waals surface area contributed by atoms with Crippen molar-refractivity contribution < 1.29 is 27.1 Å². The van der Waals surface area contributed by atoms with E-state index in [9.17, 15) is 17.6 Å². The standard InChI is InChI=1S/C32H32ClFN2O5S/c1-22-30(35-42(3,38)39)5-4-6-31(22)36(21-25-12-13-26(33)19-29(25)34)20-24-9-16-28(17-10-24)41-27-14-7-23(8-15-27)11-18-32(37)40-2/h4-10,12-17,19,35H,11,18,20-21H2,1-3H3. The Hall–Kier alpha value is -4.08. The first kappa shape index (κ1) is 30.9. The molecule has 0 spiro atoms. The number of ether oxygens (including phenoxy) is 2. The van der Waals surface area contributed by atoms with Crippen LogP contribution < -0.4 is 14.4 Å². The highest BCUT2D eigenvalue weighted by atomic mass is 35.5. The number of anilines is 2. The summed E-state index contributed by atoms with van der Waals surface area (Å²) in [7, 11) is -2.11. The minimum Gasteiger partial charge on any atom is -0.469 e. The van der Waals surface area contributed by atoms with Crippen molar-refractivity contribution in [3.05, 3.63) is 118 Å². The van der Waals surface area contributed by atoms with E-state index < -0.39 is 15.8 Å². The third kappa shape index (κ3) is 8.71. The zero-order valence-electron chi connectivity index (χ0n) is 23.6. The summed E-state index contributed by atoms with van der Waals surface area (Å²) in [5, 5.41) is 0.310. The number of nitrogens with one attached hydrogen (secondary N) is 1. The second-order valence-corrected chi connectivity index (χ2v) is 12.1. The molecule has 0 aromatic heterocycles. The average molecular weight is 611 g/mol. The highest BCUT2D eigenvalue weighted by molar-refractivity contribution is 7.92. The van der Waals surface area contributed by atoms with E-state index in [2.05, 4.69) is 9.46 Å². The molecule has 42 heavy (non-hydrogen) atoms. The van der Waals surface area contributed by atoms with Crippen LogP contribution in [0.4, 0.5) is 15.8 Å². The number of benzene rings is 4. The summed E-state index contributed by atoms with van der Waals surface area (Å²) in [4.78, 5) is 13.4. The molecule has 0 heterocycles. The van der Waals surface area contributed by atoms with Crippen LogP contribution in [0.3, 0.4) is 0 Å². The van der Waals surface area contributed by atoms with Crippen LogP contribution in [0.25, 0.3) is 0 Å². The van der Waals surface area contributed by atoms with Crippen molar-refractivity contribution in [1.82, 2.24) is 0 Å². The molecule has 4 aromatic carbocycles. The third-order valence-electron chi connectivity index (χ3n) is 6.62. The smallest absolute Gasteiger partial charge is 0.305 e. The molecule has 0 saturated heterocycles. The molecule has 0 radical (unpaired) electrons. The van der Waals surface area contributed by atoms with E-state index in [4.69, 9.17) is 16.3 Å². The Labute approximate surface area is 250 Å². The number of hydrogen-bond acceptors (Lipinski definition) is 6. The molecule has 4 aromatic rings. The Morgan fingerprint density at radius 1 is 0.929 bits per heavy atom. The average Bonchev–Trinajstić information content (AvgIpc) is 2.95. The second-order valence-electron chi connectivity index (χ2n) is 9.88. The van der Waals surface area contributed by atoms with Gasteiger partial charge >= 0.3 is 5.97 Å². The number of hydrogen-bond donors (Lipinski definition) is 1. The van der Waals surface area contributed by atoms with Crippen molar-refractivity contribution >= 4 is 39.0 Å². The quantitative estimate of drug-likeness (QED) is 0.170. The van der Waals surface area contributed by atoms with Crippen LogP contribution >= 0.6 is 11.6 Å². The Kier molecular flexibility index (Phi) is 10.1. The zero-order valence-corrected chi connectivity index (χ0v) is 25.1. The van der Waals surface area contributed by atoms with Gasteiger partial charge in [0, 0.05) is 35.8 Å². The topological polar surface area (TPSA) is 84.9 Å². The van der Waals surface area contributed by atoms with Crippen LogP contribution in [0.1, 0.15) is 28.7 Å². The lowest BCUT2D eigenvalue weighted by Gasteiger charge is -2.28. The maximum atomic E-state index is 14.8. The Morgan fingerprint density at radius 3 is 2.17 bits per heavy atom. The largest absolute Gasteiger partial charge is 0.469 e. The monoisotopic (exact) mass is 610 g/mol. The van der Waals surface area contributed by atoms with Crippen LogP contribution in [0.15, 0.2) is 84.9 Å². The maximum absolute atomic E-state index is 14.8. The summed E-state index contributed by atoms with van der Waals surface area (Å²) in [6, 6.07) is 25.0. The van der Waals surface area contributed by atoms with E-state index in [1.807, 2.05) is 66.4 Å². The Bertz CT molecular complexity index is 1650. The molecule has 0 atom stereocenters. The van der Waals surface area contributed by atoms with Crippen LogP contribution in [0.5, 0.6) is 11.5 Å². The number of halogens is 2. The van der Waals surface area contributed by atoms with Gasteiger partial charge in [-0.3, -0.25) is 9.52 Å². The molecule has 0 aliphatic rings. The fourth-order valence-electron chi connectivity index (χ4n) is 4.45. The molecule has 0 bridgehead atoms. The van der Waals surface area contributed by atoms with Crippen LogP contribution in [0.2, 0.25) is 5.02 Å². The van der Waals surface area contributed by atoms with Crippen molar-refractivity contribution in [3.8, 4) is 11.5 Å². The van der Waals surface area contributed by atoms with E-state index in [0.717, 1.165) is 23.1 Å². The number of rotatable bonds is 12. The first-order valence-electron chi connectivity index (χ1n) is 13.2. The Balaban J connectivity index is 1.53. The molecule has 0 amide bonds. The van der Waals surface area contributed by atoms with E-state index in [1.165, 1.54) is 13.2 Å². The Morgan fingerprint density at radius 2 is 1.57 bits per heavy atom. The summed E-state index contributed by atoms with van der Waals surface area (Å²) in [5.74, 6) is 0.637. The van der Waals surface area contributed by atoms with Crippen LogP contribution in [0, 0.1) is 12.7 Å². The normalized spacial score (nSPS) is 11.2. The molecule has 4 rings (SSSR count). The third-order valence-corrected chi connectivity index (χ3v) is 7.44. The van der Waals surface area contributed by atoms with Gasteiger partial charge < -0.3 is 14.4 Å². The molecular weight excluding hydrogens is 579 g/mol. The number of sulfonamides is 1. The molecule has 0 aliphatic carbocycles. The van der Waals surface area contributed by atoms with E-state index in [1.54, 1.807) is 24.3 Å². The van der Waals surface area contributed by atoms with Crippen molar-refractivity contribution in [1.29, 1.82) is 0 Å². The minimum atomic E-state index is -3.49. The maximum Gasteiger partial charge on any atom is 0.305 e. The van der Waals surface area contributed by atoms with Gasteiger partial charge in [0.15, 0.2) is 0 Å². The molecule has 0 unspecified atom stereocenters. The summed E-state index contributed by atoms with van der Waals surface area (Å²) in [5.41, 5.74) is 4.33. The molecule has 1 N–H and O–H groups in total. The summed E-state index contributed by atoms with van der Waals surface area (Å²) in [6.45, 7) is 2.47. The van der Waals surface area contributed by atoms with Gasteiger partial charge in [-0.05, 0) is 78.6 Å². The van der Waals surface area contributed by atoms with Crippen LogP contribution in [-0.4, -0.2) is 27.8 Å². The van der Waals surface area contributed by atoms with Crippen molar-refractivity contribution in [2.24, 2.45) is 0 Å². The summed E-state index contributed by atoms with van der Waals surface area (Å²) < 4.78 is 51.9. The fourth-order valence-corrected chi connectivity index (χ4v) is 5.23. The molecule has 7 nitrogen and oxygen atoms in total. The van der Waals surface area contributed by atoms with Crippen molar-refractivity contribution in [2.45, 2.75) is 32.9 Å². The molecular formula is C32H32ClFN2O5S. The highest BCUT2D eigenvalue weighted by Crippen LogP contribution is 2.31. The van der Waals surface area contributed by atoms with Gasteiger partial charge in [-0.1, -0.05) is 48.0 Å². The van der Waals surface area contributed by atoms with E-state index in [0.29, 0.717) is 52.7 Å². The number of carbonyl (C=O) groups is 1.